The third-order valence-corrected chi connectivity index (χ3v) is 6.43. The summed E-state index contributed by atoms with van der Waals surface area (Å²) in [4.78, 5) is 26.7. The smallest absolute Gasteiger partial charge is 0.348 e. The normalized spacial score (nSPS) is 11.2. The quantitative estimate of drug-likeness (QED) is 0.250. The van der Waals surface area contributed by atoms with E-state index in [0.717, 1.165) is 33.1 Å². The SMILES string of the molecule is C#CCOc1ccc2c(c1)c(-c1ccc(C(C)C)cc1)nc(=O)n2Cc1ccc2nc(Br)cnc2c1. The summed E-state index contributed by atoms with van der Waals surface area (Å²) in [7, 11) is 0. The highest BCUT2D eigenvalue weighted by atomic mass is 79.9. The fourth-order valence-corrected chi connectivity index (χ4v) is 4.48. The van der Waals surface area contributed by atoms with Gasteiger partial charge in [-0.3, -0.25) is 9.55 Å². The predicted octanol–water partition coefficient (Wildman–Crippen LogP) is 5.95. The van der Waals surface area contributed by atoms with Crippen molar-refractivity contribution in [2.45, 2.75) is 26.3 Å². The molecule has 0 aliphatic rings. The minimum atomic E-state index is -0.329. The Morgan fingerprint density at radius 3 is 2.58 bits per heavy atom. The van der Waals surface area contributed by atoms with E-state index in [1.54, 1.807) is 10.8 Å². The lowest BCUT2D eigenvalue weighted by Crippen LogP contribution is -2.24. The third kappa shape index (κ3) is 4.73. The second kappa shape index (κ2) is 9.92. The highest BCUT2D eigenvalue weighted by Crippen LogP contribution is 2.30. The van der Waals surface area contributed by atoms with E-state index in [4.69, 9.17) is 11.2 Å². The summed E-state index contributed by atoms with van der Waals surface area (Å²) >= 11 is 3.35. The minimum Gasteiger partial charge on any atom is -0.481 e. The maximum absolute atomic E-state index is 13.3. The Bertz CT molecular complexity index is 1690. The van der Waals surface area contributed by atoms with Crippen LogP contribution in [0.3, 0.4) is 0 Å². The van der Waals surface area contributed by atoms with Gasteiger partial charge in [-0.25, -0.2) is 9.78 Å². The molecule has 0 saturated carbocycles. The minimum absolute atomic E-state index is 0.158. The zero-order valence-electron chi connectivity index (χ0n) is 19.9. The fourth-order valence-electron chi connectivity index (χ4n) is 4.19. The molecule has 2 aromatic heterocycles. The number of benzene rings is 3. The Hall–Kier alpha value is -4.02. The molecule has 5 rings (SSSR count). The number of rotatable bonds is 6. The second-order valence-electron chi connectivity index (χ2n) is 8.79. The van der Waals surface area contributed by atoms with Crippen LogP contribution in [0.4, 0.5) is 0 Å². The van der Waals surface area contributed by atoms with E-state index in [1.165, 1.54) is 5.56 Å². The molecule has 7 heteroatoms. The molecule has 0 spiro atoms. The molecule has 6 nitrogen and oxygen atoms in total. The monoisotopic (exact) mass is 538 g/mol. The van der Waals surface area contributed by atoms with Crippen LogP contribution in [-0.4, -0.2) is 26.1 Å². The molecule has 0 saturated heterocycles. The number of halogens is 1. The number of hydrogen-bond donors (Lipinski definition) is 0. The van der Waals surface area contributed by atoms with Crippen molar-refractivity contribution < 1.29 is 4.74 Å². The highest BCUT2D eigenvalue weighted by Gasteiger charge is 2.15. The summed E-state index contributed by atoms with van der Waals surface area (Å²) < 4.78 is 8.02. The van der Waals surface area contributed by atoms with Gasteiger partial charge in [-0.1, -0.05) is 50.1 Å². The number of aromatic nitrogens is 4. The van der Waals surface area contributed by atoms with Crippen molar-refractivity contribution in [1.29, 1.82) is 0 Å². The lowest BCUT2D eigenvalue weighted by molar-refractivity contribution is 0.371. The number of nitrogens with zero attached hydrogens (tertiary/aromatic N) is 4. The molecule has 178 valence electrons. The van der Waals surface area contributed by atoms with Gasteiger partial charge in [0, 0.05) is 10.9 Å². The van der Waals surface area contributed by atoms with Crippen molar-refractivity contribution in [3.05, 3.63) is 93.1 Å². The Balaban J connectivity index is 1.64. The number of hydrogen-bond acceptors (Lipinski definition) is 5. The van der Waals surface area contributed by atoms with Gasteiger partial charge < -0.3 is 4.74 Å². The number of terminal acetylenes is 1. The topological polar surface area (TPSA) is 69.9 Å². The fraction of sp³-hybridized carbons (Fsp3) is 0.172. The van der Waals surface area contributed by atoms with Gasteiger partial charge in [0.25, 0.3) is 0 Å². The van der Waals surface area contributed by atoms with Crippen LogP contribution in [0, 0.1) is 12.3 Å². The van der Waals surface area contributed by atoms with Gasteiger partial charge in [0.05, 0.1) is 35.0 Å². The van der Waals surface area contributed by atoms with Crippen LogP contribution < -0.4 is 10.4 Å². The van der Waals surface area contributed by atoms with Crippen LogP contribution in [0.25, 0.3) is 33.2 Å². The van der Waals surface area contributed by atoms with E-state index in [2.05, 4.69) is 62.8 Å². The molecule has 0 N–H and O–H groups in total. The van der Waals surface area contributed by atoms with Crippen molar-refractivity contribution in [3.8, 4) is 29.4 Å². The van der Waals surface area contributed by atoms with Crippen molar-refractivity contribution in [2.24, 2.45) is 0 Å². The summed E-state index contributed by atoms with van der Waals surface area (Å²) in [5, 5.41) is 0.811. The lowest BCUT2D eigenvalue weighted by atomic mass is 9.99. The first-order valence-electron chi connectivity index (χ1n) is 11.6. The summed E-state index contributed by atoms with van der Waals surface area (Å²) in [6.45, 7) is 4.80. The molecule has 36 heavy (non-hydrogen) atoms. The van der Waals surface area contributed by atoms with Gasteiger partial charge in [-0.15, -0.1) is 6.42 Å². The zero-order valence-corrected chi connectivity index (χ0v) is 21.5. The summed E-state index contributed by atoms with van der Waals surface area (Å²) in [5.41, 5.74) is 5.59. The van der Waals surface area contributed by atoms with Crippen LogP contribution in [0.1, 0.15) is 30.9 Å². The zero-order chi connectivity index (χ0) is 25.2. The summed E-state index contributed by atoms with van der Waals surface area (Å²) in [6.07, 6.45) is 7.04. The molecule has 0 atom stereocenters. The van der Waals surface area contributed by atoms with E-state index in [-0.39, 0.29) is 12.3 Å². The first kappa shape index (κ1) is 23.7. The molecule has 0 aliphatic carbocycles. The van der Waals surface area contributed by atoms with Gasteiger partial charge in [-0.2, -0.15) is 4.98 Å². The van der Waals surface area contributed by atoms with Crippen molar-refractivity contribution in [2.75, 3.05) is 6.61 Å². The Labute approximate surface area is 217 Å². The predicted molar refractivity (Wildman–Crippen MR) is 146 cm³/mol. The first-order valence-corrected chi connectivity index (χ1v) is 12.3. The lowest BCUT2D eigenvalue weighted by Gasteiger charge is -2.15. The Morgan fingerprint density at radius 1 is 1.03 bits per heavy atom. The number of fused-ring (bicyclic) bond motifs is 2. The molecule has 5 aromatic rings. The molecular weight excluding hydrogens is 516 g/mol. The van der Waals surface area contributed by atoms with E-state index in [0.29, 0.717) is 28.5 Å². The van der Waals surface area contributed by atoms with Crippen molar-refractivity contribution in [1.82, 2.24) is 19.5 Å². The van der Waals surface area contributed by atoms with Crippen LogP contribution in [0.2, 0.25) is 0 Å². The average molecular weight is 539 g/mol. The summed E-state index contributed by atoms with van der Waals surface area (Å²) in [6, 6.07) is 19.6. The van der Waals surface area contributed by atoms with Crippen molar-refractivity contribution >= 4 is 37.9 Å². The Morgan fingerprint density at radius 2 is 1.83 bits per heavy atom. The van der Waals surface area contributed by atoms with Gasteiger partial charge in [0.1, 0.15) is 17.0 Å². The maximum atomic E-state index is 13.3. The van der Waals surface area contributed by atoms with Crippen LogP contribution >= 0.6 is 15.9 Å². The largest absolute Gasteiger partial charge is 0.481 e. The molecule has 0 aliphatic heterocycles. The molecular formula is C29H23BrN4O2. The maximum Gasteiger partial charge on any atom is 0.348 e. The molecule has 2 heterocycles. The third-order valence-electron chi connectivity index (χ3n) is 6.04. The highest BCUT2D eigenvalue weighted by molar-refractivity contribution is 9.10. The van der Waals surface area contributed by atoms with Gasteiger partial charge in [0.2, 0.25) is 0 Å². The number of ether oxygens (including phenoxy) is 1. The average Bonchev–Trinajstić information content (AvgIpc) is 2.89. The van der Waals surface area contributed by atoms with Crippen LogP contribution in [0.15, 0.2) is 76.3 Å². The van der Waals surface area contributed by atoms with E-state index >= 15 is 0 Å². The molecule has 0 amide bonds. The molecule has 0 fully saturated rings. The first-order chi connectivity index (χ1) is 17.4. The second-order valence-corrected chi connectivity index (χ2v) is 9.61. The van der Waals surface area contributed by atoms with Gasteiger partial charge in [-0.05, 0) is 63.3 Å². The van der Waals surface area contributed by atoms with Gasteiger partial charge >= 0.3 is 5.69 Å². The van der Waals surface area contributed by atoms with Crippen molar-refractivity contribution in [3.63, 3.8) is 0 Å². The summed E-state index contributed by atoms with van der Waals surface area (Å²) in [5.74, 6) is 3.53. The van der Waals surface area contributed by atoms with E-state index < -0.39 is 0 Å². The molecule has 0 radical (unpaired) electrons. The standard InChI is InChI=1S/C29H23BrN4O2/c1-4-13-36-22-10-12-26-23(15-22)28(21-8-6-20(7-9-21)18(2)3)33-29(35)34(26)17-19-5-11-24-25(14-19)31-16-27(30)32-24/h1,5-12,14-16,18H,13,17H2,2-3H3. The van der Waals surface area contributed by atoms with E-state index in [9.17, 15) is 4.79 Å². The molecule has 0 bridgehead atoms. The van der Waals surface area contributed by atoms with Gasteiger partial charge in [0.15, 0.2) is 0 Å². The Kier molecular flexibility index (Phi) is 6.53. The van der Waals surface area contributed by atoms with E-state index in [1.807, 2.05) is 48.5 Å². The van der Waals surface area contributed by atoms with Crippen LogP contribution in [0.5, 0.6) is 5.75 Å². The molecule has 3 aromatic carbocycles. The van der Waals surface area contributed by atoms with Crippen LogP contribution in [-0.2, 0) is 6.54 Å². The molecule has 0 unspecified atom stereocenters.